The summed E-state index contributed by atoms with van der Waals surface area (Å²) in [6.07, 6.45) is 0. The second-order valence-corrected chi connectivity index (χ2v) is 12.8. The summed E-state index contributed by atoms with van der Waals surface area (Å²) in [6, 6.07) is 42.7. The fourth-order valence-electron chi connectivity index (χ4n) is 3.27. The molecule has 0 heterocycles. The van der Waals surface area contributed by atoms with E-state index >= 15 is 0 Å². The van der Waals surface area contributed by atoms with E-state index in [1.165, 1.54) is 13.1 Å². The Labute approximate surface area is 164 Å². The minimum atomic E-state index is -2.93. The van der Waals surface area contributed by atoms with E-state index in [2.05, 4.69) is 114 Å². The predicted octanol–water partition coefficient (Wildman–Crippen LogP) is 3.75. The molecule has 27 heavy (non-hydrogen) atoms. The second-order valence-electron chi connectivity index (χ2n) is 6.28. The van der Waals surface area contributed by atoms with Gasteiger partial charge >= 0.3 is 164 Å². The van der Waals surface area contributed by atoms with Gasteiger partial charge in [0.2, 0.25) is 0 Å². The van der Waals surface area contributed by atoms with Crippen LogP contribution in [0.3, 0.4) is 0 Å². The van der Waals surface area contributed by atoms with Crippen molar-refractivity contribution in [3.63, 3.8) is 0 Å². The van der Waals surface area contributed by atoms with Crippen molar-refractivity contribution in [2.45, 2.75) is 0 Å². The summed E-state index contributed by atoms with van der Waals surface area (Å²) < 4.78 is 7.85. The summed E-state index contributed by atoms with van der Waals surface area (Å²) >= 11 is -2.93. The van der Waals surface area contributed by atoms with Gasteiger partial charge < -0.3 is 0 Å². The summed E-state index contributed by atoms with van der Waals surface area (Å²) in [7, 11) is 0. The van der Waals surface area contributed by atoms with Gasteiger partial charge in [0.25, 0.3) is 0 Å². The van der Waals surface area contributed by atoms with Gasteiger partial charge in [0.15, 0.2) is 0 Å². The molecule has 0 saturated carbocycles. The molecule has 0 bridgehead atoms. The molecule has 128 valence electrons. The molecule has 0 nitrogen and oxygen atoms in total. The van der Waals surface area contributed by atoms with Crippen molar-refractivity contribution in [3.05, 3.63) is 127 Å². The van der Waals surface area contributed by atoms with Gasteiger partial charge in [-0.05, 0) is 0 Å². The Morgan fingerprint density at radius 2 is 0.741 bits per heavy atom. The van der Waals surface area contributed by atoms with Crippen LogP contribution in [0.2, 0.25) is 0 Å². The Hall–Kier alpha value is -3.00. The quantitative estimate of drug-likeness (QED) is 0.359. The van der Waals surface area contributed by atoms with Gasteiger partial charge in [-0.15, -0.1) is 0 Å². The molecule has 1 heteroatoms. The first kappa shape index (κ1) is 17.4. The number of hydrogen-bond acceptors (Lipinski definition) is 0. The third-order valence-corrected chi connectivity index (χ3v) is 12.3. The molecule has 0 unspecified atom stereocenters. The Bertz CT molecular complexity index is 947. The molecule has 4 rings (SSSR count). The van der Waals surface area contributed by atoms with E-state index in [0.29, 0.717) is 0 Å². The Kier molecular flexibility index (Phi) is 5.24. The Morgan fingerprint density at radius 3 is 1.11 bits per heavy atom. The van der Waals surface area contributed by atoms with E-state index in [1.54, 1.807) is 0 Å². The van der Waals surface area contributed by atoms with Crippen LogP contribution in [0, 0.1) is 10.6 Å². The zero-order chi connectivity index (χ0) is 18.4. The van der Waals surface area contributed by atoms with Crippen LogP contribution in [0.25, 0.3) is 0 Å². The SMILES string of the molecule is C(#C[As+](c1ccccc1)(c1ccccc1)c1ccccc1)c1ccccc1. The first-order chi connectivity index (χ1) is 13.4. The van der Waals surface area contributed by atoms with Gasteiger partial charge in [-0.2, -0.15) is 0 Å². The van der Waals surface area contributed by atoms with E-state index < -0.39 is 13.6 Å². The maximum absolute atomic E-state index is 3.82. The van der Waals surface area contributed by atoms with Gasteiger partial charge in [0.1, 0.15) is 0 Å². The molecule has 4 aromatic rings. The number of hydrogen-bond donors (Lipinski definition) is 0. The normalized spacial score (nSPS) is 10.7. The van der Waals surface area contributed by atoms with Crippen LogP contribution in [-0.2, 0) is 0 Å². The molecular formula is C26H20As+. The molecule has 0 aromatic heterocycles. The first-order valence-corrected chi connectivity index (χ1v) is 12.8. The van der Waals surface area contributed by atoms with Crippen LogP contribution in [0.4, 0.5) is 0 Å². The summed E-state index contributed by atoms with van der Waals surface area (Å²) in [4.78, 5) is 0. The summed E-state index contributed by atoms with van der Waals surface area (Å²) in [5, 5.41) is 0. The average Bonchev–Trinajstić information content (AvgIpc) is 2.77. The molecule has 0 atom stereocenters. The van der Waals surface area contributed by atoms with Gasteiger partial charge in [0.05, 0.1) is 0 Å². The van der Waals surface area contributed by atoms with Gasteiger partial charge in [-0.25, -0.2) is 0 Å². The predicted molar refractivity (Wildman–Crippen MR) is 117 cm³/mol. The van der Waals surface area contributed by atoms with E-state index in [-0.39, 0.29) is 0 Å². The molecule has 0 aliphatic carbocycles. The zero-order valence-electron chi connectivity index (χ0n) is 15.0. The summed E-state index contributed by atoms with van der Waals surface area (Å²) in [5.74, 6) is 3.51. The molecular weight excluding hydrogens is 387 g/mol. The fourth-order valence-corrected chi connectivity index (χ4v) is 10.5. The van der Waals surface area contributed by atoms with Crippen LogP contribution >= 0.6 is 0 Å². The summed E-state index contributed by atoms with van der Waals surface area (Å²) in [6.45, 7) is 0. The molecule has 0 aliphatic rings. The molecule has 0 amide bonds. The van der Waals surface area contributed by atoms with Gasteiger partial charge in [0, 0.05) is 0 Å². The van der Waals surface area contributed by atoms with E-state index in [1.807, 2.05) is 18.2 Å². The minimum absolute atomic E-state index is 1.06. The number of rotatable bonds is 3. The van der Waals surface area contributed by atoms with Crippen molar-refractivity contribution in [2.75, 3.05) is 0 Å². The second kappa shape index (κ2) is 8.13. The van der Waals surface area contributed by atoms with E-state index in [4.69, 9.17) is 0 Å². The first-order valence-electron chi connectivity index (χ1n) is 9.04. The maximum atomic E-state index is 3.82. The van der Waals surface area contributed by atoms with Gasteiger partial charge in [-0.3, -0.25) is 0 Å². The topological polar surface area (TPSA) is 0 Å². The summed E-state index contributed by atoms with van der Waals surface area (Å²) in [5.41, 5.74) is 1.06. The van der Waals surface area contributed by atoms with Crippen LogP contribution < -0.4 is 13.1 Å². The van der Waals surface area contributed by atoms with Crippen molar-refractivity contribution in [1.29, 1.82) is 0 Å². The van der Waals surface area contributed by atoms with Crippen molar-refractivity contribution < 1.29 is 0 Å². The molecule has 0 aliphatic heterocycles. The Morgan fingerprint density at radius 1 is 0.407 bits per heavy atom. The van der Waals surface area contributed by atoms with Gasteiger partial charge in [-0.1, -0.05) is 0 Å². The van der Waals surface area contributed by atoms with Crippen LogP contribution in [0.15, 0.2) is 121 Å². The molecule has 0 fully saturated rings. The zero-order valence-corrected chi connectivity index (χ0v) is 16.9. The molecule has 0 saturated heterocycles. The monoisotopic (exact) mass is 407 g/mol. The van der Waals surface area contributed by atoms with Crippen LogP contribution in [-0.4, -0.2) is 13.6 Å². The van der Waals surface area contributed by atoms with Crippen LogP contribution in [0.1, 0.15) is 5.56 Å². The average molecular weight is 407 g/mol. The van der Waals surface area contributed by atoms with E-state index in [0.717, 1.165) is 5.56 Å². The number of benzene rings is 4. The fraction of sp³-hybridized carbons (Fsp3) is 0. The van der Waals surface area contributed by atoms with Crippen LogP contribution in [0.5, 0.6) is 0 Å². The van der Waals surface area contributed by atoms with Crippen molar-refractivity contribution in [1.82, 2.24) is 0 Å². The molecule has 0 N–H and O–H groups in total. The van der Waals surface area contributed by atoms with Crippen molar-refractivity contribution >= 4 is 26.6 Å². The van der Waals surface area contributed by atoms with E-state index in [9.17, 15) is 0 Å². The third-order valence-electron chi connectivity index (χ3n) is 4.57. The van der Waals surface area contributed by atoms with Crippen molar-refractivity contribution in [3.8, 4) is 10.6 Å². The third kappa shape index (κ3) is 3.61. The molecule has 4 aromatic carbocycles. The standard InChI is InChI=1S/C26H20As/c1-5-13-23(14-6-1)21-22-27(24-15-7-2-8-16-24,25-17-9-3-10-18-25)26-19-11-4-12-20-26/h1-20H/q+1. The molecule has 0 spiro atoms. The molecule has 0 radical (unpaired) electrons. The van der Waals surface area contributed by atoms with Crippen molar-refractivity contribution in [2.24, 2.45) is 0 Å². The Balaban J connectivity index is 2.03.